The van der Waals surface area contributed by atoms with Crippen LogP contribution in [0.4, 0.5) is 5.95 Å². The fourth-order valence-corrected chi connectivity index (χ4v) is 2.36. The Hall–Kier alpha value is -1.63. The summed E-state index contributed by atoms with van der Waals surface area (Å²) in [7, 11) is 0. The maximum absolute atomic E-state index is 5.76. The molecule has 0 radical (unpaired) electrons. The molecule has 0 saturated carbocycles. The summed E-state index contributed by atoms with van der Waals surface area (Å²) in [4.78, 5) is 8.31. The Bertz CT molecular complexity index is 481. The lowest BCUT2D eigenvalue weighted by atomic mass is 10.4. The van der Waals surface area contributed by atoms with Crippen LogP contribution in [-0.2, 0) is 5.75 Å². The highest BCUT2D eigenvalue weighted by Gasteiger charge is 2.13. The first-order valence-electron chi connectivity index (χ1n) is 5.27. The van der Waals surface area contributed by atoms with Crippen molar-refractivity contribution in [1.82, 2.24) is 24.7 Å². The minimum absolute atomic E-state index is 0.240. The van der Waals surface area contributed by atoms with Gasteiger partial charge in [-0.1, -0.05) is 11.8 Å². The molecule has 2 N–H and O–H groups in total. The molecule has 0 saturated heterocycles. The number of aromatic nitrogens is 5. The number of nitrogen functional groups attached to an aromatic ring is 1. The number of rotatable bonds is 4. The third-order valence-electron chi connectivity index (χ3n) is 2.16. The van der Waals surface area contributed by atoms with Crippen molar-refractivity contribution in [3.63, 3.8) is 0 Å². The first-order valence-corrected chi connectivity index (χ1v) is 6.26. The third-order valence-corrected chi connectivity index (χ3v) is 3.10. The van der Waals surface area contributed by atoms with Crippen molar-refractivity contribution in [2.45, 2.75) is 30.8 Å². The second kappa shape index (κ2) is 5.13. The summed E-state index contributed by atoms with van der Waals surface area (Å²) in [5.74, 6) is 1.87. The average Bonchev–Trinajstić information content (AvgIpc) is 2.69. The number of thioether (sulfide) groups is 1. The highest BCUT2D eigenvalue weighted by atomic mass is 32.2. The largest absolute Gasteiger partial charge is 0.368 e. The lowest BCUT2D eigenvalue weighted by molar-refractivity contribution is 0.557. The Balaban J connectivity index is 2.09. The summed E-state index contributed by atoms with van der Waals surface area (Å²) in [6.45, 7) is 4.09. The molecule has 6 nitrogen and oxygen atoms in total. The molecule has 17 heavy (non-hydrogen) atoms. The van der Waals surface area contributed by atoms with Gasteiger partial charge in [-0.15, -0.1) is 10.2 Å². The third kappa shape index (κ3) is 2.73. The van der Waals surface area contributed by atoms with Crippen molar-refractivity contribution < 1.29 is 0 Å². The first kappa shape index (κ1) is 11.8. The summed E-state index contributed by atoms with van der Waals surface area (Å²) >= 11 is 1.53. The van der Waals surface area contributed by atoms with Gasteiger partial charge in [0.25, 0.3) is 0 Å². The Labute approximate surface area is 104 Å². The van der Waals surface area contributed by atoms with Gasteiger partial charge in [-0.2, -0.15) is 0 Å². The topological polar surface area (TPSA) is 82.5 Å². The van der Waals surface area contributed by atoms with Crippen LogP contribution in [0.3, 0.4) is 0 Å². The van der Waals surface area contributed by atoms with Crippen LogP contribution < -0.4 is 5.73 Å². The normalized spacial score (nSPS) is 11.0. The molecule has 2 aromatic heterocycles. The van der Waals surface area contributed by atoms with Crippen LogP contribution in [0.15, 0.2) is 23.6 Å². The standard InChI is InChI=1S/C10H14N6S/c1-7(2)16-9(11)14-15-10(16)17-6-8-12-4-3-5-13-8/h3-5,7H,6H2,1-2H3,(H2,11,14). The van der Waals surface area contributed by atoms with E-state index in [9.17, 15) is 0 Å². The van der Waals surface area contributed by atoms with Crippen molar-refractivity contribution >= 4 is 17.7 Å². The van der Waals surface area contributed by atoms with Gasteiger partial charge in [-0.3, -0.25) is 4.57 Å². The monoisotopic (exact) mass is 250 g/mol. The molecule has 90 valence electrons. The Morgan fingerprint density at radius 1 is 1.29 bits per heavy atom. The van der Waals surface area contributed by atoms with Gasteiger partial charge in [0.15, 0.2) is 5.16 Å². The maximum atomic E-state index is 5.76. The van der Waals surface area contributed by atoms with E-state index in [4.69, 9.17) is 5.73 Å². The van der Waals surface area contributed by atoms with Crippen LogP contribution in [0.25, 0.3) is 0 Å². The van der Waals surface area contributed by atoms with E-state index in [2.05, 4.69) is 20.2 Å². The molecule has 0 aliphatic rings. The van der Waals surface area contributed by atoms with E-state index in [-0.39, 0.29) is 6.04 Å². The molecule has 0 aliphatic heterocycles. The number of nitrogens with zero attached hydrogens (tertiary/aromatic N) is 5. The van der Waals surface area contributed by atoms with Crippen molar-refractivity contribution in [3.05, 3.63) is 24.3 Å². The van der Waals surface area contributed by atoms with Crippen LogP contribution in [-0.4, -0.2) is 24.7 Å². The molecule has 0 bridgehead atoms. The van der Waals surface area contributed by atoms with Gasteiger partial charge in [-0.05, 0) is 19.9 Å². The SMILES string of the molecule is CC(C)n1c(N)nnc1SCc1ncccn1. The summed E-state index contributed by atoms with van der Waals surface area (Å²) in [6.07, 6.45) is 3.45. The summed E-state index contributed by atoms with van der Waals surface area (Å²) in [6, 6.07) is 2.03. The number of nitrogens with two attached hydrogens (primary N) is 1. The number of hydrogen-bond donors (Lipinski definition) is 1. The van der Waals surface area contributed by atoms with Gasteiger partial charge in [0, 0.05) is 18.4 Å². The molecule has 0 amide bonds. The zero-order chi connectivity index (χ0) is 12.3. The van der Waals surface area contributed by atoms with Crippen molar-refractivity contribution in [2.75, 3.05) is 5.73 Å². The minimum atomic E-state index is 0.240. The number of hydrogen-bond acceptors (Lipinski definition) is 6. The van der Waals surface area contributed by atoms with E-state index in [1.807, 2.05) is 18.4 Å². The quantitative estimate of drug-likeness (QED) is 0.828. The molecule has 2 aromatic rings. The van der Waals surface area contributed by atoms with Crippen molar-refractivity contribution in [2.24, 2.45) is 0 Å². The van der Waals surface area contributed by atoms with Crippen molar-refractivity contribution in [3.8, 4) is 0 Å². The van der Waals surface area contributed by atoms with E-state index in [0.29, 0.717) is 11.7 Å². The summed E-state index contributed by atoms with van der Waals surface area (Å²) in [5, 5.41) is 8.72. The lowest BCUT2D eigenvalue weighted by Gasteiger charge is -2.10. The maximum Gasteiger partial charge on any atom is 0.222 e. The molecule has 2 rings (SSSR count). The van der Waals surface area contributed by atoms with E-state index >= 15 is 0 Å². The molecule has 0 aliphatic carbocycles. The van der Waals surface area contributed by atoms with Gasteiger partial charge in [0.1, 0.15) is 5.82 Å². The van der Waals surface area contributed by atoms with Crippen LogP contribution in [0, 0.1) is 0 Å². The Morgan fingerprint density at radius 3 is 2.65 bits per heavy atom. The van der Waals surface area contributed by atoms with Gasteiger partial charge < -0.3 is 5.73 Å². The van der Waals surface area contributed by atoms with E-state index < -0.39 is 0 Å². The summed E-state index contributed by atoms with van der Waals surface area (Å²) < 4.78 is 1.90. The lowest BCUT2D eigenvalue weighted by Crippen LogP contribution is -2.07. The molecule has 0 aromatic carbocycles. The zero-order valence-corrected chi connectivity index (χ0v) is 10.6. The molecular formula is C10H14N6S. The van der Waals surface area contributed by atoms with Crippen LogP contribution in [0.2, 0.25) is 0 Å². The van der Waals surface area contributed by atoms with Gasteiger partial charge >= 0.3 is 0 Å². The van der Waals surface area contributed by atoms with Crippen molar-refractivity contribution in [1.29, 1.82) is 0 Å². The Morgan fingerprint density at radius 2 is 2.00 bits per heavy atom. The van der Waals surface area contributed by atoms with Crippen LogP contribution in [0.1, 0.15) is 25.7 Å². The molecule has 0 atom stereocenters. The molecule has 2 heterocycles. The molecule has 0 unspecified atom stereocenters. The van der Waals surface area contributed by atoms with Crippen LogP contribution >= 0.6 is 11.8 Å². The molecule has 0 fully saturated rings. The van der Waals surface area contributed by atoms with Gasteiger partial charge in [0.05, 0.1) is 5.75 Å². The fraction of sp³-hybridized carbons (Fsp3) is 0.400. The highest BCUT2D eigenvalue weighted by Crippen LogP contribution is 2.24. The summed E-state index contributed by atoms with van der Waals surface area (Å²) in [5.41, 5.74) is 5.76. The van der Waals surface area contributed by atoms with Gasteiger partial charge in [0.2, 0.25) is 5.95 Å². The zero-order valence-electron chi connectivity index (χ0n) is 9.74. The smallest absolute Gasteiger partial charge is 0.222 e. The molecular weight excluding hydrogens is 236 g/mol. The van der Waals surface area contributed by atoms with E-state index in [1.54, 1.807) is 18.5 Å². The van der Waals surface area contributed by atoms with Crippen LogP contribution in [0.5, 0.6) is 0 Å². The minimum Gasteiger partial charge on any atom is -0.368 e. The van der Waals surface area contributed by atoms with Gasteiger partial charge in [-0.25, -0.2) is 9.97 Å². The molecule has 7 heteroatoms. The predicted octanol–water partition coefficient (Wildman–Crippen LogP) is 1.52. The average molecular weight is 250 g/mol. The Kier molecular flexibility index (Phi) is 3.58. The second-order valence-corrected chi connectivity index (χ2v) is 4.70. The predicted molar refractivity (Wildman–Crippen MR) is 66.4 cm³/mol. The molecule has 0 spiro atoms. The number of anilines is 1. The highest BCUT2D eigenvalue weighted by molar-refractivity contribution is 7.98. The fourth-order valence-electron chi connectivity index (χ4n) is 1.41. The van der Waals surface area contributed by atoms with E-state index in [0.717, 1.165) is 11.0 Å². The second-order valence-electron chi connectivity index (χ2n) is 3.76. The first-order chi connectivity index (χ1) is 8.18. The van der Waals surface area contributed by atoms with E-state index in [1.165, 1.54) is 11.8 Å².